The lowest BCUT2D eigenvalue weighted by Gasteiger charge is -2.15. The molecule has 1 aliphatic heterocycles. The maximum atomic E-state index is 11.4. The normalized spacial score (nSPS) is 29.3. The Hall–Kier alpha value is -0.610. The smallest absolute Gasteiger partial charge is 0.220 e. The molecule has 4 nitrogen and oxygen atoms in total. The number of carbonyl (C=O) groups excluding carboxylic acids is 1. The van der Waals surface area contributed by atoms with E-state index < -0.39 is 0 Å². The summed E-state index contributed by atoms with van der Waals surface area (Å²) in [7, 11) is 0. The van der Waals surface area contributed by atoms with Crippen LogP contribution < -0.4 is 10.6 Å². The van der Waals surface area contributed by atoms with Crippen LogP contribution in [-0.2, 0) is 9.53 Å². The van der Waals surface area contributed by atoms with Crippen LogP contribution in [0.1, 0.15) is 39.0 Å². The molecule has 4 heteroatoms. The predicted molar refractivity (Wildman–Crippen MR) is 62.2 cm³/mol. The summed E-state index contributed by atoms with van der Waals surface area (Å²) in [5.41, 5.74) is 0. The van der Waals surface area contributed by atoms with Gasteiger partial charge in [0.1, 0.15) is 0 Å². The Morgan fingerprint density at radius 1 is 1.38 bits per heavy atom. The fourth-order valence-corrected chi connectivity index (χ4v) is 2.06. The fourth-order valence-electron chi connectivity index (χ4n) is 2.06. The minimum atomic E-state index is 0.208. The first-order chi connectivity index (χ1) is 7.75. The summed E-state index contributed by atoms with van der Waals surface area (Å²) < 4.78 is 5.46. The summed E-state index contributed by atoms with van der Waals surface area (Å²) >= 11 is 0. The van der Waals surface area contributed by atoms with Gasteiger partial charge in [0.15, 0.2) is 0 Å². The monoisotopic (exact) mass is 226 g/mol. The van der Waals surface area contributed by atoms with Crippen molar-refractivity contribution in [2.24, 2.45) is 0 Å². The van der Waals surface area contributed by atoms with Gasteiger partial charge in [-0.3, -0.25) is 4.79 Å². The average molecular weight is 226 g/mol. The first-order valence-electron chi connectivity index (χ1n) is 6.40. The van der Waals surface area contributed by atoms with Gasteiger partial charge in [-0.15, -0.1) is 0 Å². The molecule has 1 amide bonds. The molecule has 2 fully saturated rings. The van der Waals surface area contributed by atoms with Crippen molar-refractivity contribution in [1.82, 2.24) is 10.6 Å². The first-order valence-corrected chi connectivity index (χ1v) is 6.40. The Morgan fingerprint density at radius 3 is 2.81 bits per heavy atom. The third-order valence-corrected chi connectivity index (χ3v) is 3.31. The lowest BCUT2D eigenvalue weighted by molar-refractivity contribution is -0.121. The number of hydrogen-bond donors (Lipinski definition) is 2. The number of amides is 1. The molecule has 16 heavy (non-hydrogen) atoms. The van der Waals surface area contributed by atoms with E-state index in [1.54, 1.807) is 0 Å². The van der Waals surface area contributed by atoms with Gasteiger partial charge in [-0.25, -0.2) is 0 Å². The topological polar surface area (TPSA) is 50.4 Å². The zero-order chi connectivity index (χ0) is 11.4. The van der Waals surface area contributed by atoms with Gasteiger partial charge < -0.3 is 15.4 Å². The number of carbonyl (C=O) groups is 1. The van der Waals surface area contributed by atoms with E-state index in [1.165, 1.54) is 12.8 Å². The molecule has 2 rings (SSSR count). The number of ether oxygens (including phenoxy) is 1. The van der Waals surface area contributed by atoms with Gasteiger partial charge in [-0.1, -0.05) is 0 Å². The lowest BCUT2D eigenvalue weighted by atomic mass is 10.1. The Bertz CT molecular complexity index is 241. The van der Waals surface area contributed by atoms with E-state index in [0.29, 0.717) is 24.6 Å². The Kier molecular flexibility index (Phi) is 4.18. The van der Waals surface area contributed by atoms with Crippen molar-refractivity contribution in [3.63, 3.8) is 0 Å². The van der Waals surface area contributed by atoms with Crippen molar-refractivity contribution in [3.8, 4) is 0 Å². The van der Waals surface area contributed by atoms with Crippen molar-refractivity contribution >= 4 is 5.91 Å². The summed E-state index contributed by atoms with van der Waals surface area (Å²) in [6.45, 7) is 3.88. The molecule has 92 valence electrons. The fraction of sp³-hybridized carbons (Fsp3) is 0.917. The van der Waals surface area contributed by atoms with Crippen molar-refractivity contribution in [2.75, 3.05) is 13.2 Å². The van der Waals surface area contributed by atoms with E-state index in [9.17, 15) is 4.79 Å². The molecule has 0 radical (unpaired) electrons. The van der Waals surface area contributed by atoms with Crippen LogP contribution >= 0.6 is 0 Å². The van der Waals surface area contributed by atoms with Crippen molar-refractivity contribution in [1.29, 1.82) is 0 Å². The Balaban J connectivity index is 1.49. The van der Waals surface area contributed by atoms with Gasteiger partial charge in [-0.2, -0.15) is 0 Å². The quantitative estimate of drug-likeness (QED) is 0.659. The summed E-state index contributed by atoms with van der Waals surface area (Å²) in [6.07, 6.45) is 5.31. The molecular weight excluding hydrogens is 204 g/mol. The standard InChI is InChI=1S/C12H22N2O2/c1-9-11(6-8-16-9)13-7-2-3-12(15)14-10-4-5-10/h9-11,13H,2-8H2,1H3,(H,14,15). The summed E-state index contributed by atoms with van der Waals surface area (Å²) in [4.78, 5) is 11.4. The highest BCUT2D eigenvalue weighted by Gasteiger charge is 2.24. The molecule has 1 saturated carbocycles. The first kappa shape index (κ1) is 11.9. The van der Waals surface area contributed by atoms with Crippen LogP contribution in [0, 0.1) is 0 Å². The molecule has 0 aromatic rings. The summed E-state index contributed by atoms with van der Waals surface area (Å²) in [6, 6.07) is 0.968. The second kappa shape index (κ2) is 5.64. The highest BCUT2D eigenvalue weighted by molar-refractivity contribution is 5.76. The predicted octanol–water partition coefficient (Wildman–Crippen LogP) is 0.812. The van der Waals surface area contributed by atoms with Crippen molar-refractivity contribution < 1.29 is 9.53 Å². The average Bonchev–Trinajstić information content (AvgIpc) is 2.96. The van der Waals surface area contributed by atoms with E-state index in [-0.39, 0.29) is 5.91 Å². The molecule has 1 aliphatic carbocycles. The summed E-state index contributed by atoms with van der Waals surface area (Å²) in [5, 5.41) is 6.45. The molecule has 2 unspecified atom stereocenters. The highest BCUT2D eigenvalue weighted by atomic mass is 16.5. The van der Waals surface area contributed by atoms with E-state index in [0.717, 1.165) is 26.0 Å². The highest BCUT2D eigenvalue weighted by Crippen LogP contribution is 2.18. The van der Waals surface area contributed by atoms with Crippen molar-refractivity contribution in [3.05, 3.63) is 0 Å². The second-order valence-corrected chi connectivity index (χ2v) is 4.87. The second-order valence-electron chi connectivity index (χ2n) is 4.87. The number of hydrogen-bond acceptors (Lipinski definition) is 3. The van der Waals surface area contributed by atoms with E-state index in [4.69, 9.17) is 4.74 Å². The lowest BCUT2D eigenvalue weighted by Crippen LogP contribution is -2.35. The molecule has 0 bridgehead atoms. The molecule has 2 N–H and O–H groups in total. The van der Waals surface area contributed by atoms with Crippen LogP contribution in [0.25, 0.3) is 0 Å². The maximum Gasteiger partial charge on any atom is 0.220 e. The van der Waals surface area contributed by atoms with Crippen LogP contribution in [0.4, 0.5) is 0 Å². The van der Waals surface area contributed by atoms with E-state index in [1.807, 2.05) is 0 Å². The molecule has 2 aliphatic rings. The number of rotatable bonds is 6. The van der Waals surface area contributed by atoms with Crippen LogP contribution in [-0.4, -0.2) is 37.2 Å². The van der Waals surface area contributed by atoms with E-state index >= 15 is 0 Å². The van der Waals surface area contributed by atoms with Gasteiger partial charge in [-0.05, 0) is 39.2 Å². The maximum absolute atomic E-state index is 11.4. The van der Waals surface area contributed by atoms with Gasteiger partial charge in [0.25, 0.3) is 0 Å². The molecule has 0 aromatic carbocycles. The van der Waals surface area contributed by atoms with Gasteiger partial charge in [0.05, 0.1) is 6.10 Å². The van der Waals surface area contributed by atoms with Crippen LogP contribution in [0.5, 0.6) is 0 Å². The number of nitrogens with one attached hydrogen (secondary N) is 2. The van der Waals surface area contributed by atoms with Crippen molar-refractivity contribution in [2.45, 2.75) is 57.2 Å². The molecule has 0 spiro atoms. The van der Waals surface area contributed by atoms with Gasteiger partial charge >= 0.3 is 0 Å². The van der Waals surface area contributed by atoms with Crippen LogP contribution in [0.3, 0.4) is 0 Å². The van der Waals surface area contributed by atoms with Gasteiger partial charge in [0, 0.05) is 25.1 Å². The molecule has 0 aromatic heterocycles. The Morgan fingerprint density at radius 2 is 2.19 bits per heavy atom. The van der Waals surface area contributed by atoms with Gasteiger partial charge in [0.2, 0.25) is 5.91 Å². The zero-order valence-electron chi connectivity index (χ0n) is 10.00. The van der Waals surface area contributed by atoms with Crippen LogP contribution in [0.2, 0.25) is 0 Å². The SMILES string of the molecule is CC1OCCC1NCCCC(=O)NC1CC1. The minimum Gasteiger partial charge on any atom is -0.377 e. The minimum absolute atomic E-state index is 0.208. The molecule has 2 atom stereocenters. The Labute approximate surface area is 97.1 Å². The third-order valence-electron chi connectivity index (χ3n) is 3.31. The van der Waals surface area contributed by atoms with E-state index in [2.05, 4.69) is 17.6 Å². The third kappa shape index (κ3) is 3.76. The molecular formula is C12H22N2O2. The largest absolute Gasteiger partial charge is 0.377 e. The molecule has 1 saturated heterocycles. The van der Waals surface area contributed by atoms with Crippen LogP contribution in [0.15, 0.2) is 0 Å². The zero-order valence-corrected chi connectivity index (χ0v) is 10.00. The molecule has 1 heterocycles. The summed E-state index contributed by atoms with van der Waals surface area (Å²) in [5.74, 6) is 0.208.